The van der Waals surface area contributed by atoms with E-state index in [9.17, 15) is 0 Å². The van der Waals surface area contributed by atoms with Gasteiger partial charge in [-0.15, -0.1) is 0 Å². The van der Waals surface area contributed by atoms with E-state index in [2.05, 4.69) is 39.4 Å². The first-order chi connectivity index (χ1) is 8.15. The van der Waals surface area contributed by atoms with Gasteiger partial charge in [-0.25, -0.2) is 9.97 Å². The Morgan fingerprint density at radius 2 is 2.29 bits per heavy atom. The first-order valence-electron chi connectivity index (χ1n) is 5.91. The molecule has 2 N–H and O–H groups in total. The fourth-order valence-electron chi connectivity index (χ4n) is 1.31. The molecular weight excluding hydrogens is 214 g/mol. The summed E-state index contributed by atoms with van der Waals surface area (Å²) in [7, 11) is 1.77. The highest BCUT2D eigenvalue weighted by Gasteiger charge is 2.03. The average Bonchev–Trinajstić information content (AvgIpc) is 2.34. The molecule has 1 unspecified atom stereocenters. The highest BCUT2D eigenvalue weighted by Crippen LogP contribution is 1.94. The van der Waals surface area contributed by atoms with Crippen molar-refractivity contribution in [2.75, 3.05) is 7.05 Å². The lowest BCUT2D eigenvalue weighted by Gasteiger charge is -2.16. The summed E-state index contributed by atoms with van der Waals surface area (Å²) in [4.78, 5) is 12.6. The molecule has 0 aliphatic rings. The van der Waals surface area contributed by atoms with E-state index in [4.69, 9.17) is 0 Å². The number of nitrogens with one attached hydrogen (secondary N) is 2. The minimum Gasteiger partial charge on any atom is -0.354 e. The molecule has 0 radical (unpaired) electrons. The van der Waals surface area contributed by atoms with Crippen LogP contribution in [0, 0.1) is 6.92 Å². The smallest absolute Gasteiger partial charge is 0.191 e. The summed E-state index contributed by atoms with van der Waals surface area (Å²) in [5.74, 6) is 1.59. The molecule has 1 aromatic rings. The van der Waals surface area contributed by atoms with E-state index < -0.39 is 0 Å². The third-order valence-corrected chi connectivity index (χ3v) is 2.49. The Morgan fingerprint density at radius 1 is 1.53 bits per heavy atom. The van der Waals surface area contributed by atoms with E-state index in [0.29, 0.717) is 12.6 Å². The Morgan fingerprint density at radius 3 is 2.88 bits per heavy atom. The van der Waals surface area contributed by atoms with Gasteiger partial charge in [0.15, 0.2) is 5.96 Å². The topological polar surface area (TPSA) is 62.2 Å². The molecule has 5 heteroatoms. The summed E-state index contributed by atoms with van der Waals surface area (Å²) >= 11 is 0. The van der Waals surface area contributed by atoms with E-state index in [0.717, 1.165) is 23.9 Å². The van der Waals surface area contributed by atoms with E-state index in [1.807, 2.05) is 13.0 Å². The SMILES string of the molecule is CCC(C)NC(=NC)NCc1ccnc(C)n1. The molecular formula is C12H21N5. The van der Waals surface area contributed by atoms with Gasteiger partial charge in [-0.1, -0.05) is 6.92 Å². The molecule has 0 fully saturated rings. The lowest BCUT2D eigenvalue weighted by Crippen LogP contribution is -2.41. The van der Waals surface area contributed by atoms with Crippen molar-refractivity contribution >= 4 is 5.96 Å². The molecule has 1 rings (SSSR count). The van der Waals surface area contributed by atoms with Crippen LogP contribution in [0.3, 0.4) is 0 Å². The lowest BCUT2D eigenvalue weighted by atomic mass is 10.3. The Labute approximate surface area is 103 Å². The highest BCUT2D eigenvalue weighted by molar-refractivity contribution is 5.79. The van der Waals surface area contributed by atoms with E-state index >= 15 is 0 Å². The van der Waals surface area contributed by atoms with Crippen molar-refractivity contribution in [3.63, 3.8) is 0 Å². The maximum atomic E-state index is 4.32. The van der Waals surface area contributed by atoms with Gasteiger partial charge in [-0.3, -0.25) is 4.99 Å². The van der Waals surface area contributed by atoms with Crippen molar-refractivity contribution in [1.82, 2.24) is 20.6 Å². The second-order valence-electron chi connectivity index (χ2n) is 3.97. The summed E-state index contributed by atoms with van der Waals surface area (Å²) in [5.41, 5.74) is 0.963. The summed E-state index contributed by atoms with van der Waals surface area (Å²) in [6.45, 7) is 6.80. The first-order valence-corrected chi connectivity index (χ1v) is 5.91. The van der Waals surface area contributed by atoms with Crippen molar-refractivity contribution in [1.29, 1.82) is 0 Å². The predicted octanol–water partition coefficient (Wildman–Crippen LogP) is 1.25. The molecule has 1 aromatic heterocycles. The third-order valence-electron chi connectivity index (χ3n) is 2.49. The zero-order chi connectivity index (χ0) is 12.7. The van der Waals surface area contributed by atoms with Gasteiger partial charge in [0.1, 0.15) is 5.82 Å². The second-order valence-corrected chi connectivity index (χ2v) is 3.97. The van der Waals surface area contributed by atoms with Gasteiger partial charge in [-0.2, -0.15) is 0 Å². The number of hydrogen-bond donors (Lipinski definition) is 2. The van der Waals surface area contributed by atoms with Crippen LogP contribution in [-0.4, -0.2) is 29.0 Å². The quantitative estimate of drug-likeness (QED) is 0.609. The molecule has 1 atom stereocenters. The van der Waals surface area contributed by atoms with Crippen molar-refractivity contribution in [3.8, 4) is 0 Å². The van der Waals surface area contributed by atoms with Crippen LogP contribution >= 0.6 is 0 Å². The number of nitrogens with zero attached hydrogens (tertiary/aromatic N) is 3. The molecule has 94 valence electrons. The van der Waals surface area contributed by atoms with E-state index in [-0.39, 0.29) is 0 Å². The minimum atomic E-state index is 0.410. The molecule has 0 spiro atoms. The zero-order valence-corrected chi connectivity index (χ0v) is 11.0. The van der Waals surface area contributed by atoms with Gasteiger partial charge in [0, 0.05) is 19.3 Å². The number of aromatic nitrogens is 2. The minimum absolute atomic E-state index is 0.410. The fourth-order valence-corrected chi connectivity index (χ4v) is 1.31. The van der Waals surface area contributed by atoms with Gasteiger partial charge in [0.25, 0.3) is 0 Å². The number of hydrogen-bond acceptors (Lipinski definition) is 3. The first kappa shape index (κ1) is 13.4. The van der Waals surface area contributed by atoms with Crippen LogP contribution in [0.4, 0.5) is 0 Å². The van der Waals surface area contributed by atoms with Crippen LogP contribution in [0.1, 0.15) is 31.8 Å². The standard InChI is InChI=1S/C12H21N5/c1-5-9(2)16-12(13-4)15-8-11-6-7-14-10(3)17-11/h6-7,9H,5,8H2,1-4H3,(H2,13,15,16). The van der Waals surface area contributed by atoms with Gasteiger partial charge in [0.2, 0.25) is 0 Å². The van der Waals surface area contributed by atoms with Crippen LogP contribution in [0.25, 0.3) is 0 Å². The number of aliphatic imine (C=N–C) groups is 1. The average molecular weight is 235 g/mol. The number of aryl methyl sites for hydroxylation is 1. The molecule has 17 heavy (non-hydrogen) atoms. The van der Waals surface area contributed by atoms with Crippen molar-refractivity contribution < 1.29 is 0 Å². The van der Waals surface area contributed by atoms with Crippen molar-refractivity contribution in [3.05, 3.63) is 23.8 Å². The Bertz CT molecular complexity index is 375. The maximum Gasteiger partial charge on any atom is 0.191 e. The molecule has 0 aromatic carbocycles. The van der Waals surface area contributed by atoms with Crippen LogP contribution in [0.15, 0.2) is 17.3 Å². The highest BCUT2D eigenvalue weighted by atomic mass is 15.2. The van der Waals surface area contributed by atoms with Crippen LogP contribution in [-0.2, 0) is 6.54 Å². The molecule has 5 nitrogen and oxygen atoms in total. The van der Waals surface area contributed by atoms with Gasteiger partial charge >= 0.3 is 0 Å². The largest absolute Gasteiger partial charge is 0.354 e. The Hall–Kier alpha value is -1.65. The van der Waals surface area contributed by atoms with E-state index in [1.165, 1.54) is 0 Å². The molecule has 1 heterocycles. The van der Waals surface area contributed by atoms with E-state index in [1.54, 1.807) is 13.2 Å². The van der Waals surface area contributed by atoms with Gasteiger partial charge in [-0.05, 0) is 26.3 Å². The molecule has 0 bridgehead atoms. The third kappa shape index (κ3) is 4.80. The fraction of sp³-hybridized carbons (Fsp3) is 0.583. The molecule has 0 saturated heterocycles. The van der Waals surface area contributed by atoms with Crippen LogP contribution < -0.4 is 10.6 Å². The summed E-state index contributed by atoms with van der Waals surface area (Å²) in [6.07, 6.45) is 2.83. The molecule has 0 saturated carbocycles. The van der Waals surface area contributed by atoms with Crippen LogP contribution in [0.2, 0.25) is 0 Å². The van der Waals surface area contributed by atoms with Crippen molar-refractivity contribution in [2.24, 2.45) is 4.99 Å². The number of rotatable bonds is 4. The molecule has 0 aliphatic carbocycles. The monoisotopic (exact) mass is 235 g/mol. The lowest BCUT2D eigenvalue weighted by molar-refractivity contribution is 0.623. The Kier molecular flexibility index (Phi) is 5.39. The molecule has 0 amide bonds. The van der Waals surface area contributed by atoms with Gasteiger partial charge < -0.3 is 10.6 Å². The maximum absolute atomic E-state index is 4.32. The van der Waals surface area contributed by atoms with Gasteiger partial charge in [0.05, 0.1) is 12.2 Å². The summed E-state index contributed by atoms with van der Waals surface area (Å²) < 4.78 is 0. The zero-order valence-electron chi connectivity index (χ0n) is 11.0. The van der Waals surface area contributed by atoms with Crippen LogP contribution in [0.5, 0.6) is 0 Å². The molecule has 0 aliphatic heterocycles. The normalized spacial score (nSPS) is 13.3. The predicted molar refractivity (Wildman–Crippen MR) is 69.9 cm³/mol. The van der Waals surface area contributed by atoms with Crippen molar-refractivity contribution in [2.45, 2.75) is 39.8 Å². The number of guanidine groups is 1. The Balaban J connectivity index is 2.48. The summed E-state index contributed by atoms with van der Waals surface area (Å²) in [5, 5.41) is 6.52. The second kappa shape index (κ2) is 6.83. The summed E-state index contributed by atoms with van der Waals surface area (Å²) in [6, 6.07) is 2.31.